The van der Waals surface area contributed by atoms with Gasteiger partial charge in [0.25, 0.3) is 0 Å². The Kier molecular flexibility index (Phi) is 4.53. The lowest BCUT2D eigenvalue weighted by Crippen LogP contribution is -2.30. The third-order valence-corrected chi connectivity index (χ3v) is 3.02. The second-order valence-corrected chi connectivity index (χ2v) is 4.80. The van der Waals surface area contributed by atoms with Crippen LogP contribution in [0.1, 0.15) is 25.8 Å². The number of anilines is 1. The molecule has 0 N–H and O–H groups in total. The van der Waals surface area contributed by atoms with Crippen molar-refractivity contribution < 1.29 is 4.74 Å². The number of rotatable bonds is 5. The first-order valence-corrected chi connectivity index (χ1v) is 5.75. The van der Waals surface area contributed by atoms with Crippen molar-refractivity contribution >= 4 is 5.69 Å². The fourth-order valence-electron chi connectivity index (χ4n) is 1.48. The van der Waals surface area contributed by atoms with E-state index in [4.69, 9.17) is 10.00 Å². The molecular formula is C14H20N2O. The molecule has 0 spiro atoms. The van der Waals surface area contributed by atoms with Crippen molar-refractivity contribution in [1.82, 2.24) is 0 Å². The van der Waals surface area contributed by atoms with E-state index in [9.17, 15) is 0 Å². The van der Waals surface area contributed by atoms with E-state index in [1.807, 2.05) is 31.3 Å². The molecule has 1 aromatic carbocycles. The molecule has 0 atom stereocenters. The third kappa shape index (κ3) is 4.08. The van der Waals surface area contributed by atoms with Crippen LogP contribution in [0.4, 0.5) is 5.69 Å². The van der Waals surface area contributed by atoms with E-state index >= 15 is 0 Å². The maximum absolute atomic E-state index is 8.85. The van der Waals surface area contributed by atoms with Gasteiger partial charge in [-0.1, -0.05) is 6.07 Å². The molecular weight excluding hydrogens is 212 g/mol. The summed E-state index contributed by atoms with van der Waals surface area (Å²) in [6.07, 6.45) is 0.941. The molecule has 0 saturated carbocycles. The first-order valence-electron chi connectivity index (χ1n) is 5.75. The fraction of sp³-hybridized carbons (Fsp3) is 0.500. The van der Waals surface area contributed by atoms with Crippen LogP contribution >= 0.6 is 0 Å². The Morgan fingerprint density at radius 2 is 2.12 bits per heavy atom. The molecule has 1 rings (SSSR count). The second-order valence-electron chi connectivity index (χ2n) is 4.80. The first kappa shape index (κ1) is 13.5. The van der Waals surface area contributed by atoms with Gasteiger partial charge in [-0.3, -0.25) is 0 Å². The molecule has 0 aliphatic heterocycles. The Labute approximate surface area is 104 Å². The number of hydrogen-bond donors (Lipinski definition) is 0. The lowest BCUT2D eigenvalue weighted by Gasteiger charge is -2.27. The quantitative estimate of drug-likeness (QED) is 0.783. The summed E-state index contributed by atoms with van der Waals surface area (Å²) in [6, 6.07) is 9.80. The second kappa shape index (κ2) is 5.70. The molecule has 0 aliphatic carbocycles. The summed E-state index contributed by atoms with van der Waals surface area (Å²) in [4.78, 5) is 2.14. The minimum absolute atomic E-state index is 0.110. The van der Waals surface area contributed by atoms with Crippen LogP contribution in [0.2, 0.25) is 0 Å². The number of hydrogen-bond acceptors (Lipinski definition) is 3. The minimum Gasteiger partial charge on any atom is -0.379 e. The van der Waals surface area contributed by atoms with Gasteiger partial charge in [0.2, 0.25) is 0 Å². The predicted octanol–water partition coefficient (Wildman–Crippen LogP) is 2.81. The molecule has 0 heterocycles. The van der Waals surface area contributed by atoms with Crippen molar-refractivity contribution in [1.29, 1.82) is 5.26 Å². The van der Waals surface area contributed by atoms with E-state index in [1.54, 1.807) is 7.11 Å². The van der Waals surface area contributed by atoms with Crippen molar-refractivity contribution in [2.75, 3.05) is 25.6 Å². The molecule has 0 aromatic heterocycles. The Bertz CT molecular complexity index is 407. The van der Waals surface area contributed by atoms with Gasteiger partial charge in [-0.15, -0.1) is 0 Å². The minimum atomic E-state index is -0.110. The maximum atomic E-state index is 8.85. The van der Waals surface area contributed by atoms with Crippen molar-refractivity contribution in [2.24, 2.45) is 0 Å². The van der Waals surface area contributed by atoms with Crippen LogP contribution in [0.3, 0.4) is 0 Å². The molecule has 3 heteroatoms. The van der Waals surface area contributed by atoms with Gasteiger partial charge in [0.1, 0.15) is 0 Å². The zero-order chi connectivity index (χ0) is 12.9. The zero-order valence-electron chi connectivity index (χ0n) is 11.0. The topological polar surface area (TPSA) is 36.3 Å². The Hall–Kier alpha value is -1.53. The molecule has 0 saturated heterocycles. The molecule has 0 radical (unpaired) electrons. The largest absolute Gasteiger partial charge is 0.379 e. The molecule has 0 fully saturated rings. The van der Waals surface area contributed by atoms with E-state index in [1.165, 1.54) is 0 Å². The number of nitriles is 1. The Morgan fingerprint density at radius 1 is 1.41 bits per heavy atom. The monoisotopic (exact) mass is 232 g/mol. The van der Waals surface area contributed by atoms with Gasteiger partial charge < -0.3 is 9.64 Å². The number of ether oxygens (including phenoxy) is 1. The lowest BCUT2D eigenvalue weighted by molar-refractivity contribution is 0.0174. The van der Waals surface area contributed by atoms with Crippen LogP contribution in [-0.4, -0.2) is 26.3 Å². The summed E-state index contributed by atoms with van der Waals surface area (Å²) in [6.45, 7) is 5.05. The van der Waals surface area contributed by atoms with Gasteiger partial charge in [0.15, 0.2) is 0 Å². The summed E-state index contributed by atoms with van der Waals surface area (Å²) >= 11 is 0. The average molecular weight is 232 g/mol. The van der Waals surface area contributed by atoms with Crippen molar-refractivity contribution in [3.8, 4) is 6.07 Å². The normalized spacial score (nSPS) is 11.0. The summed E-state index contributed by atoms with van der Waals surface area (Å²) < 4.78 is 5.39. The number of benzene rings is 1. The van der Waals surface area contributed by atoms with Crippen molar-refractivity contribution in [3.63, 3.8) is 0 Å². The number of nitrogens with zero attached hydrogens (tertiary/aromatic N) is 2. The summed E-state index contributed by atoms with van der Waals surface area (Å²) in [5.74, 6) is 0. The van der Waals surface area contributed by atoms with Gasteiger partial charge in [0.05, 0.1) is 17.2 Å². The van der Waals surface area contributed by atoms with Crippen molar-refractivity contribution in [2.45, 2.75) is 25.9 Å². The van der Waals surface area contributed by atoms with Gasteiger partial charge >= 0.3 is 0 Å². The van der Waals surface area contributed by atoms with E-state index in [0.29, 0.717) is 5.56 Å². The van der Waals surface area contributed by atoms with Gasteiger partial charge in [-0.05, 0) is 38.5 Å². The highest BCUT2D eigenvalue weighted by Crippen LogP contribution is 2.18. The number of methoxy groups -OCH3 is 1. The summed E-state index contributed by atoms with van der Waals surface area (Å²) in [7, 11) is 3.76. The highest BCUT2D eigenvalue weighted by atomic mass is 16.5. The molecule has 92 valence electrons. The van der Waals surface area contributed by atoms with Crippen molar-refractivity contribution in [3.05, 3.63) is 29.8 Å². The van der Waals surface area contributed by atoms with E-state index in [-0.39, 0.29) is 5.60 Å². The fourth-order valence-corrected chi connectivity index (χ4v) is 1.48. The van der Waals surface area contributed by atoms with Crippen LogP contribution in [0.5, 0.6) is 0 Å². The van der Waals surface area contributed by atoms with Crippen LogP contribution in [0.15, 0.2) is 24.3 Å². The molecule has 17 heavy (non-hydrogen) atoms. The smallest absolute Gasteiger partial charge is 0.0992 e. The van der Waals surface area contributed by atoms with Crippen LogP contribution in [0.25, 0.3) is 0 Å². The van der Waals surface area contributed by atoms with E-state index < -0.39 is 0 Å². The SMILES string of the molecule is COC(C)(C)CCN(C)c1cccc(C#N)c1. The average Bonchev–Trinajstić information content (AvgIpc) is 2.36. The standard InChI is InChI=1S/C14H20N2O/c1-14(2,17-4)8-9-16(3)13-7-5-6-12(10-13)11-15/h5-7,10H,8-9H2,1-4H3. The molecule has 0 bridgehead atoms. The van der Waals surface area contributed by atoms with E-state index in [2.05, 4.69) is 24.8 Å². The Morgan fingerprint density at radius 3 is 2.71 bits per heavy atom. The molecule has 1 aromatic rings. The van der Waals surface area contributed by atoms with Gasteiger partial charge in [0, 0.05) is 26.4 Å². The highest BCUT2D eigenvalue weighted by molar-refractivity contribution is 5.50. The highest BCUT2D eigenvalue weighted by Gasteiger charge is 2.16. The summed E-state index contributed by atoms with van der Waals surface area (Å²) in [5, 5.41) is 8.85. The zero-order valence-corrected chi connectivity index (χ0v) is 11.0. The maximum Gasteiger partial charge on any atom is 0.0992 e. The van der Waals surface area contributed by atoms with E-state index in [0.717, 1.165) is 18.7 Å². The van der Waals surface area contributed by atoms with Crippen LogP contribution < -0.4 is 4.90 Å². The predicted molar refractivity (Wildman–Crippen MR) is 70.1 cm³/mol. The Balaban J connectivity index is 2.64. The lowest BCUT2D eigenvalue weighted by atomic mass is 10.0. The third-order valence-electron chi connectivity index (χ3n) is 3.02. The molecule has 0 amide bonds. The van der Waals surface area contributed by atoms with Gasteiger partial charge in [-0.25, -0.2) is 0 Å². The summed E-state index contributed by atoms with van der Waals surface area (Å²) in [5.41, 5.74) is 1.65. The molecule has 0 aliphatic rings. The van der Waals surface area contributed by atoms with Crippen LogP contribution in [-0.2, 0) is 4.74 Å². The molecule has 0 unspecified atom stereocenters. The van der Waals surface area contributed by atoms with Gasteiger partial charge in [-0.2, -0.15) is 5.26 Å². The van der Waals surface area contributed by atoms with Crippen LogP contribution in [0, 0.1) is 11.3 Å². The first-order chi connectivity index (χ1) is 7.98. The molecule has 3 nitrogen and oxygen atoms in total.